The Morgan fingerprint density at radius 3 is 1.91 bits per heavy atom. The van der Waals surface area contributed by atoms with Crippen LogP contribution >= 0.6 is 0 Å². The van der Waals surface area contributed by atoms with Gasteiger partial charge in [0.25, 0.3) is 0 Å². The van der Waals surface area contributed by atoms with E-state index < -0.39 is 0 Å². The van der Waals surface area contributed by atoms with Crippen LogP contribution in [0.2, 0.25) is 0 Å². The smallest absolute Gasteiger partial charge is 0.0384 e. The van der Waals surface area contributed by atoms with Crippen LogP contribution in [0.15, 0.2) is 42.5 Å². The van der Waals surface area contributed by atoms with E-state index in [2.05, 4.69) is 52.9 Å². The second-order valence-electron chi connectivity index (χ2n) is 7.89. The van der Waals surface area contributed by atoms with E-state index in [0.717, 1.165) is 11.3 Å². The molecule has 0 aliphatic carbocycles. The number of hydrogen-bond donors (Lipinski definition) is 1. The summed E-state index contributed by atoms with van der Waals surface area (Å²) in [6.07, 6.45) is 0. The first kappa shape index (κ1) is 16.4. The van der Waals surface area contributed by atoms with Crippen molar-refractivity contribution in [3.8, 4) is 5.75 Å². The van der Waals surface area contributed by atoms with Gasteiger partial charge in [-0.05, 0) is 40.2 Å². The minimum absolute atomic E-state index is 0.000811. The van der Waals surface area contributed by atoms with E-state index in [1.54, 1.807) is 0 Å². The molecule has 118 valence electrons. The lowest BCUT2D eigenvalue weighted by Gasteiger charge is -2.32. The van der Waals surface area contributed by atoms with Crippen molar-refractivity contribution < 1.29 is 5.11 Å². The van der Waals surface area contributed by atoms with Gasteiger partial charge in [0.05, 0.1) is 0 Å². The largest absolute Gasteiger partial charge is 0.871 e. The molecule has 0 fully saturated rings. The van der Waals surface area contributed by atoms with E-state index in [1.165, 1.54) is 5.56 Å². The molecule has 0 unspecified atom stereocenters. The zero-order valence-corrected chi connectivity index (χ0v) is 14.4. The fourth-order valence-corrected chi connectivity index (χ4v) is 2.39. The van der Waals surface area contributed by atoms with Crippen LogP contribution in [-0.4, -0.2) is 0 Å². The summed E-state index contributed by atoms with van der Waals surface area (Å²) in [5, 5.41) is 16.1. The zero-order valence-electron chi connectivity index (χ0n) is 14.4. The maximum atomic E-state index is 12.8. The van der Waals surface area contributed by atoms with Crippen molar-refractivity contribution in [1.29, 1.82) is 0 Å². The molecular formula is C20H26NO-. The summed E-state index contributed by atoms with van der Waals surface area (Å²) in [5.74, 6) is 0.0874. The highest BCUT2D eigenvalue weighted by Gasteiger charge is 2.21. The Balaban J connectivity index is 2.57. The van der Waals surface area contributed by atoms with Crippen LogP contribution < -0.4 is 10.4 Å². The van der Waals surface area contributed by atoms with E-state index >= 15 is 0 Å². The second kappa shape index (κ2) is 5.68. The van der Waals surface area contributed by atoms with Gasteiger partial charge in [0, 0.05) is 11.4 Å². The average molecular weight is 296 g/mol. The van der Waals surface area contributed by atoms with E-state index in [1.807, 2.05) is 36.4 Å². The SMILES string of the molecule is CC(C)(C)c1cc(Nc2ccccc2)c([O-])c(C(C)(C)C)c1. The number of rotatable bonds is 2. The van der Waals surface area contributed by atoms with Crippen molar-refractivity contribution >= 4 is 11.4 Å². The van der Waals surface area contributed by atoms with Crippen LogP contribution in [0.25, 0.3) is 0 Å². The Bertz CT molecular complexity index is 646. The molecule has 0 bridgehead atoms. The number of benzene rings is 2. The summed E-state index contributed by atoms with van der Waals surface area (Å²) >= 11 is 0. The summed E-state index contributed by atoms with van der Waals surface area (Å²) < 4.78 is 0. The molecule has 0 atom stereocenters. The molecule has 0 spiro atoms. The first-order chi connectivity index (χ1) is 10.1. The summed E-state index contributed by atoms with van der Waals surface area (Å²) in [7, 11) is 0. The molecule has 2 rings (SSSR count). The molecule has 0 aliphatic rings. The van der Waals surface area contributed by atoms with Gasteiger partial charge in [0.2, 0.25) is 0 Å². The van der Waals surface area contributed by atoms with Gasteiger partial charge < -0.3 is 10.4 Å². The highest BCUT2D eigenvalue weighted by Crippen LogP contribution is 2.39. The van der Waals surface area contributed by atoms with Gasteiger partial charge in [-0.2, -0.15) is 0 Å². The number of para-hydroxylation sites is 1. The molecule has 0 radical (unpaired) electrons. The van der Waals surface area contributed by atoms with Gasteiger partial charge in [-0.3, -0.25) is 0 Å². The van der Waals surface area contributed by atoms with Gasteiger partial charge in [-0.25, -0.2) is 0 Å². The normalized spacial score (nSPS) is 12.3. The summed E-state index contributed by atoms with van der Waals surface area (Å²) in [6.45, 7) is 12.8. The van der Waals surface area contributed by atoms with E-state index in [-0.39, 0.29) is 16.6 Å². The minimum atomic E-state index is -0.175. The summed E-state index contributed by atoms with van der Waals surface area (Å²) in [5.41, 5.74) is 3.45. The predicted molar refractivity (Wildman–Crippen MR) is 93.0 cm³/mol. The molecule has 2 heteroatoms. The van der Waals surface area contributed by atoms with Crippen molar-refractivity contribution in [3.63, 3.8) is 0 Å². The Kier molecular flexibility index (Phi) is 4.23. The predicted octanol–water partition coefficient (Wildman–Crippen LogP) is 5.10. The molecule has 1 N–H and O–H groups in total. The minimum Gasteiger partial charge on any atom is -0.871 e. The van der Waals surface area contributed by atoms with Crippen LogP contribution in [0, 0.1) is 0 Å². The lowest BCUT2D eigenvalue weighted by Crippen LogP contribution is -2.19. The second-order valence-corrected chi connectivity index (χ2v) is 7.89. The summed E-state index contributed by atoms with van der Waals surface area (Å²) in [4.78, 5) is 0. The van der Waals surface area contributed by atoms with Crippen LogP contribution in [0.4, 0.5) is 11.4 Å². The van der Waals surface area contributed by atoms with Gasteiger partial charge in [0.15, 0.2) is 0 Å². The molecule has 22 heavy (non-hydrogen) atoms. The van der Waals surface area contributed by atoms with Crippen LogP contribution in [0.1, 0.15) is 52.7 Å². The van der Waals surface area contributed by atoms with E-state index in [0.29, 0.717) is 5.69 Å². The fourth-order valence-electron chi connectivity index (χ4n) is 2.39. The van der Waals surface area contributed by atoms with Gasteiger partial charge >= 0.3 is 0 Å². The maximum absolute atomic E-state index is 12.8. The van der Waals surface area contributed by atoms with Crippen molar-refractivity contribution in [3.05, 3.63) is 53.6 Å². The first-order valence-corrected chi connectivity index (χ1v) is 7.77. The lowest BCUT2D eigenvalue weighted by molar-refractivity contribution is -0.268. The average Bonchev–Trinajstić information content (AvgIpc) is 2.39. The third kappa shape index (κ3) is 3.62. The fraction of sp³-hybridized carbons (Fsp3) is 0.400. The van der Waals surface area contributed by atoms with Crippen molar-refractivity contribution in [2.24, 2.45) is 0 Å². The molecule has 0 amide bonds. The Morgan fingerprint density at radius 2 is 1.41 bits per heavy atom. The monoisotopic (exact) mass is 296 g/mol. The van der Waals surface area contributed by atoms with Crippen LogP contribution in [0.3, 0.4) is 0 Å². The Hall–Kier alpha value is -1.96. The van der Waals surface area contributed by atoms with Gasteiger partial charge in [0.1, 0.15) is 0 Å². The molecule has 0 aliphatic heterocycles. The van der Waals surface area contributed by atoms with Crippen LogP contribution in [0.5, 0.6) is 5.75 Å². The Morgan fingerprint density at radius 1 is 0.818 bits per heavy atom. The zero-order chi connectivity index (χ0) is 16.5. The van der Waals surface area contributed by atoms with Gasteiger partial charge in [-0.15, -0.1) is 0 Å². The topological polar surface area (TPSA) is 35.1 Å². The third-order valence-electron chi connectivity index (χ3n) is 3.82. The van der Waals surface area contributed by atoms with Crippen molar-refractivity contribution in [2.75, 3.05) is 5.32 Å². The quantitative estimate of drug-likeness (QED) is 0.837. The molecule has 2 nitrogen and oxygen atoms in total. The van der Waals surface area contributed by atoms with Crippen molar-refractivity contribution in [1.82, 2.24) is 0 Å². The van der Waals surface area contributed by atoms with E-state index in [9.17, 15) is 5.11 Å². The summed E-state index contributed by atoms with van der Waals surface area (Å²) in [6, 6.07) is 13.9. The molecule has 2 aromatic carbocycles. The highest BCUT2D eigenvalue weighted by atomic mass is 16.3. The Labute approximate surface area is 134 Å². The number of hydrogen-bond acceptors (Lipinski definition) is 2. The maximum Gasteiger partial charge on any atom is 0.0384 e. The number of nitrogens with one attached hydrogen (secondary N) is 1. The molecular weight excluding hydrogens is 270 g/mol. The first-order valence-electron chi connectivity index (χ1n) is 7.77. The van der Waals surface area contributed by atoms with Crippen molar-refractivity contribution in [2.45, 2.75) is 52.4 Å². The molecule has 0 saturated carbocycles. The molecule has 0 heterocycles. The third-order valence-corrected chi connectivity index (χ3v) is 3.82. The van der Waals surface area contributed by atoms with Gasteiger partial charge in [-0.1, -0.05) is 71.6 Å². The van der Waals surface area contributed by atoms with E-state index in [4.69, 9.17) is 0 Å². The number of anilines is 2. The lowest BCUT2D eigenvalue weighted by atomic mass is 9.79. The molecule has 0 aromatic heterocycles. The van der Waals surface area contributed by atoms with Crippen LogP contribution in [-0.2, 0) is 10.8 Å². The molecule has 0 saturated heterocycles. The highest BCUT2D eigenvalue weighted by molar-refractivity contribution is 5.69. The standard InChI is InChI=1S/C20H27NO/c1-19(2,3)14-12-16(20(4,5)6)18(22)17(13-14)21-15-10-8-7-9-11-15/h7-13,21-22H,1-6H3/p-1. The molecule has 2 aromatic rings.